The summed E-state index contributed by atoms with van der Waals surface area (Å²) in [6, 6.07) is 115. The van der Waals surface area contributed by atoms with Gasteiger partial charge in [0.2, 0.25) is 0 Å². The van der Waals surface area contributed by atoms with Gasteiger partial charge >= 0.3 is 0 Å². The molecule has 0 aliphatic heterocycles. The summed E-state index contributed by atoms with van der Waals surface area (Å²) >= 11 is 0. The number of para-hydroxylation sites is 1. The zero-order valence-corrected chi connectivity index (χ0v) is 42.9. The van der Waals surface area contributed by atoms with Crippen molar-refractivity contribution >= 4 is 49.6 Å². The SMILES string of the molecule is c1ccc(-c2ccc(-c3ccc(N(c4ccc(-c5ccc(-c6cccc7ccccc67)cc5)cc4)c4cccc(-c5cc(-c6ccccc6)cc6c5c5ccc(-c7ccccc7)cc5n6-c5ccccc5)c4)cc3)cc2)cc1. The lowest BCUT2D eigenvalue weighted by molar-refractivity contribution is 1.18. The Bertz CT molecular complexity index is 4410. The molecule has 0 unspecified atom stereocenters. The minimum Gasteiger partial charge on any atom is -0.310 e. The lowest BCUT2D eigenvalue weighted by atomic mass is 9.93. The summed E-state index contributed by atoms with van der Waals surface area (Å²) in [5.41, 5.74) is 23.2. The molecule has 78 heavy (non-hydrogen) atoms. The molecule has 14 rings (SSSR count). The van der Waals surface area contributed by atoms with Gasteiger partial charge in [0.05, 0.1) is 11.0 Å². The van der Waals surface area contributed by atoms with Crippen molar-refractivity contribution in [1.82, 2.24) is 4.57 Å². The highest BCUT2D eigenvalue weighted by molar-refractivity contribution is 6.18. The molecule has 0 spiro atoms. The number of hydrogen-bond donors (Lipinski definition) is 0. The quantitative estimate of drug-likeness (QED) is 0.125. The van der Waals surface area contributed by atoms with Crippen LogP contribution >= 0.6 is 0 Å². The van der Waals surface area contributed by atoms with Crippen LogP contribution < -0.4 is 4.90 Å². The molecule has 0 N–H and O–H groups in total. The third-order valence-corrected chi connectivity index (χ3v) is 15.4. The van der Waals surface area contributed by atoms with E-state index in [1.165, 1.54) is 88.3 Å². The van der Waals surface area contributed by atoms with E-state index in [4.69, 9.17) is 0 Å². The number of hydrogen-bond acceptors (Lipinski definition) is 1. The summed E-state index contributed by atoms with van der Waals surface area (Å²) in [4.78, 5) is 2.40. The average Bonchev–Trinajstić information content (AvgIpc) is 4.05. The number of nitrogens with zero attached hydrogens (tertiary/aromatic N) is 2. The fourth-order valence-corrected chi connectivity index (χ4v) is 11.5. The minimum atomic E-state index is 1.07. The van der Waals surface area contributed by atoms with Gasteiger partial charge in [-0.1, -0.05) is 249 Å². The Labute approximate surface area is 455 Å². The van der Waals surface area contributed by atoms with Gasteiger partial charge in [-0.25, -0.2) is 0 Å². The zero-order valence-electron chi connectivity index (χ0n) is 42.9. The van der Waals surface area contributed by atoms with E-state index < -0.39 is 0 Å². The van der Waals surface area contributed by atoms with E-state index in [1.807, 2.05) is 0 Å². The molecule has 1 heterocycles. The van der Waals surface area contributed by atoms with Crippen LogP contribution in [0.25, 0.3) is 116 Å². The fourth-order valence-electron chi connectivity index (χ4n) is 11.5. The smallest absolute Gasteiger partial charge is 0.0553 e. The van der Waals surface area contributed by atoms with Crippen LogP contribution in [0.3, 0.4) is 0 Å². The number of aromatic nitrogens is 1. The normalized spacial score (nSPS) is 11.3. The molecule has 0 fully saturated rings. The number of benzene rings is 13. The Kier molecular flexibility index (Phi) is 11.9. The van der Waals surface area contributed by atoms with Gasteiger partial charge in [0.1, 0.15) is 0 Å². The molecule has 0 radical (unpaired) electrons. The molecule has 0 atom stereocenters. The molecule has 14 aromatic rings. The molecule has 0 aliphatic rings. The van der Waals surface area contributed by atoms with Crippen molar-refractivity contribution in [3.63, 3.8) is 0 Å². The molecule has 1 aromatic heterocycles. The minimum absolute atomic E-state index is 1.07. The highest BCUT2D eigenvalue weighted by Crippen LogP contribution is 2.45. The molecule has 2 heteroatoms. The number of anilines is 3. The van der Waals surface area contributed by atoms with E-state index in [0.29, 0.717) is 0 Å². The van der Waals surface area contributed by atoms with E-state index in [9.17, 15) is 0 Å². The first-order valence-electron chi connectivity index (χ1n) is 26.8. The summed E-state index contributed by atoms with van der Waals surface area (Å²) in [5.74, 6) is 0. The van der Waals surface area contributed by atoms with Gasteiger partial charge in [0, 0.05) is 33.5 Å². The molecule has 0 bridgehead atoms. The third kappa shape index (κ3) is 8.72. The summed E-state index contributed by atoms with van der Waals surface area (Å²) < 4.78 is 2.46. The lowest BCUT2D eigenvalue weighted by Crippen LogP contribution is -2.10. The molecule has 366 valence electrons. The Morgan fingerprint density at radius 1 is 0.218 bits per heavy atom. The maximum atomic E-state index is 2.46. The molecule has 0 aliphatic carbocycles. The predicted molar refractivity (Wildman–Crippen MR) is 331 cm³/mol. The van der Waals surface area contributed by atoms with Crippen LogP contribution in [0.5, 0.6) is 0 Å². The standard InChI is InChI=1S/C76H52N2/c1-5-17-53(18-6-1)56-31-33-57(34-32-56)59-39-44-67(45-40-59)77(68-46-41-60(42-47-68)58-35-37-62(38-36-58)71-30-16-24-61-23-13-14-29-70(61)71)69-28-15-25-64(49-69)73-50-65(55-21-9-3-10-22-55)52-75-76(73)72-48-43-63(54-19-7-2-8-20-54)51-74(72)78(75)66-26-11-4-12-27-66/h1-52H. The average molecular weight is 993 g/mol. The highest BCUT2D eigenvalue weighted by atomic mass is 15.1. The van der Waals surface area contributed by atoms with Crippen molar-refractivity contribution in [2.75, 3.05) is 4.90 Å². The van der Waals surface area contributed by atoms with Gasteiger partial charge in [0.15, 0.2) is 0 Å². The predicted octanol–water partition coefficient (Wildman–Crippen LogP) is 21.1. The van der Waals surface area contributed by atoms with Crippen LogP contribution in [0.4, 0.5) is 17.1 Å². The summed E-state index contributed by atoms with van der Waals surface area (Å²) in [5, 5.41) is 4.94. The number of fused-ring (bicyclic) bond motifs is 4. The second-order valence-corrected chi connectivity index (χ2v) is 20.1. The van der Waals surface area contributed by atoms with Gasteiger partial charge in [-0.15, -0.1) is 0 Å². The van der Waals surface area contributed by atoms with E-state index in [0.717, 1.165) is 45.0 Å². The number of rotatable bonds is 11. The van der Waals surface area contributed by atoms with E-state index in [1.54, 1.807) is 0 Å². The van der Waals surface area contributed by atoms with Crippen LogP contribution in [0.2, 0.25) is 0 Å². The Hall–Kier alpha value is -10.3. The topological polar surface area (TPSA) is 8.17 Å². The monoisotopic (exact) mass is 992 g/mol. The second-order valence-electron chi connectivity index (χ2n) is 20.1. The van der Waals surface area contributed by atoms with Gasteiger partial charge in [-0.3, -0.25) is 0 Å². The van der Waals surface area contributed by atoms with Crippen LogP contribution in [0, 0.1) is 0 Å². The Morgan fingerprint density at radius 2 is 0.641 bits per heavy atom. The summed E-state index contributed by atoms with van der Waals surface area (Å²) in [6.45, 7) is 0. The van der Waals surface area contributed by atoms with Crippen molar-refractivity contribution in [2.45, 2.75) is 0 Å². The molecular weight excluding hydrogens is 941 g/mol. The molecule has 0 amide bonds. The molecule has 0 saturated heterocycles. The fraction of sp³-hybridized carbons (Fsp3) is 0. The van der Waals surface area contributed by atoms with Crippen molar-refractivity contribution in [3.05, 3.63) is 315 Å². The first kappa shape index (κ1) is 46.3. The van der Waals surface area contributed by atoms with E-state index in [-0.39, 0.29) is 0 Å². The van der Waals surface area contributed by atoms with Crippen LogP contribution in [0.1, 0.15) is 0 Å². The van der Waals surface area contributed by atoms with Crippen molar-refractivity contribution in [3.8, 4) is 83.6 Å². The van der Waals surface area contributed by atoms with E-state index >= 15 is 0 Å². The largest absolute Gasteiger partial charge is 0.310 e. The Balaban J connectivity index is 0.903. The van der Waals surface area contributed by atoms with Gasteiger partial charge < -0.3 is 9.47 Å². The molecule has 2 nitrogen and oxygen atoms in total. The third-order valence-electron chi connectivity index (χ3n) is 15.4. The first-order valence-corrected chi connectivity index (χ1v) is 26.8. The maximum absolute atomic E-state index is 2.46. The first-order chi connectivity index (χ1) is 38.7. The molecular formula is C76H52N2. The van der Waals surface area contributed by atoms with Gasteiger partial charge in [0.25, 0.3) is 0 Å². The lowest BCUT2D eigenvalue weighted by Gasteiger charge is -2.26. The summed E-state index contributed by atoms with van der Waals surface area (Å²) in [7, 11) is 0. The maximum Gasteiger partial charge on any atom is 0.0553 e. The van der Waals surface area contributed by atoms with Crippen LogP contribution in [0.15, 0.2) is 315 Å². The van der Waals surface area contributed by atoms with Crippen LogP contribution in [-0.4, -0.2) is 4.57 Å². The second kappa shape index (κ2) is 20.1. The Morgan fingerprint density at radius 3 is 1.23 bits per heavy atom. The molecule has 0 saturated carbocycles. The van der Waals surface area contributed by atoms with Gasteiger partial charge in [-0.05, 0) is 155 Å². The van der Waals surface area contributed by atoms with Crippen LogP contribution in [-0.2, 0) is 0 Å². The van der Waals surface area contributed by atoms with Crippen molar-refractivity contribution < 1.29 is 0 Å². The van der Waals surface area contributed by atoms with Crippen molar-refractivity contribution in [1.29, 1.82) is 0 Å². The zero-order chi connectivity index (χ0) is 51.8. The van der Waals surface area contributed by atoms with E-state index in [2.05, 4.69) is 325 Å². The van der Waals surface area contributed by atoms with Crippen molar-refractivity contribution in [2.24, 2.45) is 0 Å². The van der Waals surface area contributed by atoms with Gasteiger partial charge in [-0.2, -0.15) is 0 Å². The highest BCUT2D eigenvalue weighted by Gasteiger charge is 2.21. The summed E-state index contributed by atoms with van der Waals surface area (Å²) in [6.07, 6.45) is 0. The molecule has 13 aromatic carbocycles.